The molecule has 0 aliphatic carbocycles. The summed E-state index contributed by atoms with van der Waals surface area (Å²) >= 11 is 0. The zero-order valence-electron chi connectivity index (χ0n) is 9.70. The number of benzene rings is 1. The molecule has 2 rings (SSSR count). The first-order chi connectivity index (χ1) is 6.98. The molecule has 0 amide bonds. The highest BCUT2D eigenvalue weighted by molar-refractivity contribution is 5.80. The molecule has 0 aliphatic rings. The Morgan fingerprint density at radius 3 is 2.92 bits per heavy atom. The molecule has 0 radical (unpaired) electrons. The molecule has 0 atom stereocenters. The van der Waals surface area contributed by atoms with Crippen LogP contribution < -0.4 is 0 Å². The number of nitrogens with zero attached hydrogens (tertiary/aromatic N) is 2. The van der Waals surface area contributed by atoms with E-state index in [1.807, 2.05) is 6.07 Å². The van der Waals surface area contributed by atoms with Crippen molar-refractivity contribution in [2.24, 2.45) is 0 Å². The van der Waals surface area contributed by atoms with Crippen molar-refractivity contribution < 1.29 is 4.11 Å². The first-order valence-corrected chi connectivity index (χ1v) is 3.72. The molecular formula is C10H10N2. The maximum Gasteiger partial charge on any atom is 0.126 e. The summed E-state index contributed by atoms with van der Waals surface area (Å²) in [6.45, 7) is -0.491. The van der Waals surface area contributed by atoms with Gasteiger partial charge >= 0.3 is 0 Å². The van der Waals surface area contributed by atoms with E-state index in [4.69, 9.17) is 4.11 Å². The maximum atomic E-state index is 7.39. The van der Waals surface area contributed by atoms with Gasteiger partial charge in [0.1, 0.15) is 5.82 Å². The molecule has 2 nitrogen and oxygen atoms in total. The minimum absolute atomic E-state index is 0.130. The third kappa shape index (κ3) is 1.05. The summed E-state index contributed by atoms with van der Waals surface area (Å²) in [4.78, 5) is 8.19. The first kappa shape index (κ1) is 4.55. The average molecular weight is 161 g/mol. The normalized spacial score (nSPS) is 15.2. The van der Waals surface area contributed by atoms with Gasteiger partial charge in [-0.05, 0) is 19.8 Å². The summed E-state index contributed by atoms with van der Waals surface area (Å²) < 4.78 is 22.2. The number of para-hydroxylation sites is 1. The van der Waals surface area contributed by atoms with Crippen LogP contribution in [0.25, 0.3) is 10.9 Å². The van der Waals surface area contributed by atoms with Crippen LogP contribution in [0.4, 0.5) is 0 Å². The minimum atomic E-state index is -2.19. The Bertz CT molecular complexity index is 505. The lowest BCUT2D eigenvalue weighted by Gasteiger charge is -2.00. The Morgan fingerprint density at radius 1 is 1.25 bits per heavy atom. The van der Waals surface area contributed by atoms with E-state index < -0.39 is 6.85 Å². The van der Waals surface area contributed by atoms with Crippen molar-refractivity contribution in [3.63, 3.8) is 0 Å². The van der Waals surface area contributed by atoms with Crippen molar-refractivity contribution in [2.75, 3.05) is 0 Å². The predicted molar refractivity (Wildman–Crippen MR) is 49.0 cm³/mol. The van der Waals surface area contributed by atoms with Crippen LogP contribution in [0.2, 0.25) is 0 Å². The highest BCUT2D eigenvalue weighted by atomic mass is 14.9. The second-order valence-corrected chi connectivity index (χ2v) is 2.64. The summed E-state index contributed by atoms with van der Waals surface area (Å²) in [6.07, 6.45) is 0. The zero-order valence-corrected chi connectivity index (χ0v) is 6.70. The fraction of sp³-hybridized carbons (Fsp3) is 0.200. The number of fused-ring (bicyclic) bond motifs is 1. The van der Waals surface area contributed by atoms with Gasteiger partial charge < -0.3 is 0 Å². The van der Waals surface area contributed by atoms with Gasteiger partial charge in [-0.2, -0.15) is 0 Å². The fourth-order valence-corrected chi connectivity index (χ4v) is 1.19. The van der Waals surface area contributed by atoms with E-state index in [0.717, 1.165) is 0 Å². The molecule has 2 heteroatoms. The molecule has 1 heterocycles. The lowest BCUT2D eigenvalue weighted by molar-refractivity contribution is 1.05. The van der Waals surface area contributed by atoms with Gasteiger partial charge in [0.2, 0.25) is 0 Å². The second-order valence-electron chi connectivity index (χ2n) is 2.64. The van der Waals surface area contributed by atoms with Gasteiger partial charge in [0.05, 0.1) is 5.52 Å². The number of aryl methyl sites for hydroxylation is 2. The molecule has 0 N–H and O–H groups in total. The number of hydrogen-bond donors (Lipinski definition) is 0. The highest BCUT2D eigenvalue weighted by Crippen LogP contribution is 2.13. The fourth-order valence-electron chi connectivity index (χ4n) is 1.19. The smallest absolute Gasteiger partial charge is 0.126 e. The van der Waals surface area contributed by atoms with Gasteiger partial charge in [-0.25, -0.2) is 9.97 Å². The van der Waals surface area contributed by atoms with E-state index >= 15 is 0 Å². The van der Waals surface area contributed by atoms with Gasteiger partial charge in [0, 0.05) is 15.2 Å². The summed E-state index contributed by atoms with van der Waals surface area (Å²) in [5.41, 5.74) is 0.807. The van der Waals surface area contributed by atoms with Gasteiger partial charge in [-0.1, -0.05) is 18.2 Å². The van der Waals surface area contributed by atoms with Crippen LogP contribution in [0.5, 0.6) is 0 Å². The van der Waals surface area contributed by atoms with Crippen LogP contribution in [-0.2, 0) is 0 Å². The van der Waals surface area contributed by atoms with Crippen LogP contribution in [-0.4, -0.2) is 9.97 Å². The van der Waals surface area contributed by atoms with E-state index in [1.54, 1.807) is 25.1 Å². The SMILES string of the molecule is [2H]C([2H])([2H])c1nc(C)nc2ccccc12. The molecule has 0 bridgehead atoms. The van der Waals surface area contributed by atoms with Crippen molar-refractivity contribution in [2.45, 2.75) is 13.8 Å². The average Bonchev–Trinajstić information content (AvgIpc) is 2.15. The lowest BCUT2D eigenvalue weighted by atomic mass is 10.2. The van der Waals surface area contributed by atoms with Gasteiger partial charge in [-0.3, -0.25) is 0 Å². The second kappa shape index (κ2) is 2.55. The van der Waals surface area contributed by atoms with E-state index in [2.05, 4.69) is 9.97 Å². The number of hydrogen-bond acceptors (Lipinski definition) is 2. The first-order valence-electron chi connectivity index (χ1n) is 5.22. The largest absolute Gasteiger partial charge is 0.238 e. The van der Waals surface area contributed by atoms with Crippen molar-refractivity contribution in [1.29, 1.82) is 0 Å². The van der Waals surface area contributed by atoms with Crippen LogP contribution in [0, 0.1) is 13.8 Å². The zero-order chi connectivity index (χ0) is 11.1. The van der Waals surface area contributed by atoms with Crippen LogP contribution in [0.3, 0.4) is 0 Å². The molecule has 2 aromatic rings. The molecule has 0 aliphatic heterocycles. The molecule has 0 fully saturated rings. The Hall–Kier alpha value is -1.44. The molecule has 0 spiro atoms. The Labute approximate surface area is 75.5 Å². The van der Waals surface area contributed by atoms with Crippen LogP contribution >= 0.6 is 0 Å². The number of aromatic nitrogens is 2. The summed E-state index contributed by atoms with van der Waals surface area (Å²) in [7, 11) is 0. The monoisotopic (exact) mass is 161 g/mol. The standard InChI is InChI=1S/C10H10N2/c1-7-9-5-3-4-6-10(9)12-8(2)11-7/h3-6H,1-2H3/i1D3. The maximum absolute atomic E-state index is 7.39. The third-order valence-electron chi connectivity index (χ3n) is 1.72. The van der Waals surface area contributed by atoms with Crippen molar-refractivity contribution >= 4 is 10.9 Å². The third-order valence-corrected chi connectivity index (χ3v) is 1.72. The van der Waals surface area contributed by atoms with E-state index in [9.17, 15) is 0 Å². The Morgan fingerprint density at radius 2 is 2.08 bits per heavy atom. The van der Waals surface area contributed by atoms with E-state index in [0.29, 0.717) is 16.7 Å². The molecule has 60 valence electrons. The quantitative estimate of drug-likeness (QED) is 0.592. The van der Waals surface area contributed by atoms with Gasteiger partial charge in [0.15, 0.2) is 0 Å². The molecule has 1 aromatic heterocycles. The van der Waals surface area contributed by atoms with Crippen molar-refractivity contribution in [3.05, 3.63) is 35.8 Å². The Kier molecular flexibility index (Phi) is 0.969. The summed E-state index contributed by atoms with van der Waals surface area (Å²) in [5.74, 6) is 0.486. The minimum Gasteiger partial charge on any atom is -0.238 e. The highest BCUT2D eigenvalue weighted by Gasteiger charge is 1.98. The van der Waals surface area contributed by atoms with E-state index in [-0.39, 0.29) is 5.69 Å². The van der Waals surface area contributed by atoms with Crippen molar-refractivity contribution in [3.8, 4) is 0 Å². The van der Waals surface area contributed by atoms with Crippen LogP contribution in [0.1, 0.15) is 15.6 Å². The Balaban J connectivity index is 2.83. The van der Waals surface area contributed by atoms with Gasteiger partial charge in [-0.15, -0.1) is 0 Å². The molecule has 0 saturated heterocycles. The van der Waals surface area contributed by atoms with E-state index in [1.165, 1.54) is 0 Å². The molecule has 0 unspecified atom stereocenters. The molecular weight excluding hydrogens is 148 g/mol. The topological polar surface area (TPSA) is 25.8 Å². The number of rotatable bonds is 0. The summed E-state index contributed by atoms with van der Waals surface area (Å²) in [6, 6.07) is 7.14. The molecule has 0 saturated carbocycles. The molecule has 1 aromatic carbocycles. The lowest BCUT2D eigenvalue weighted by Crippen LogP contribution is -1.92. The summed E-state index contributed by atoms with van der Waals surface area (Å²) in [5, 5.41) is 0.600. The predicted octanol–water partition coefficient (Wildman–Crippen LogP) is 2.25. The van der Waals surface area contributed by atoms with Crippen molar-refractivity contribution in [1.82, 2.24) is 9.97 Å². The van der Waals surface area contributed by atoms with Crippen LogP contribution in [0.15, 0.2) is 24.3 Å². The molecule has 12 heavy (non-hydrogen) atoms. The van der Waals surface area contributed by atoms with Gasteiger partial charge in [0.25, 0.3) is 0 Å².